The summed E-state index contributed by atoms with van der Waals surface area (Å²) in [7, 11) is 0. The van der Waals surface area contributed by atoms with Crippen LogP contribution in [0.5, 0.6) is 0 Å². The van der Waals surface area contributed by atoms with Crippen molar-refractivity contribution < 1.29 is 14.7 Å². The van der Waals surface area contributed by atoms with Gasteiger partial charge in [0.05, 0.1) is 6.54 Å². The largest absolute Gasteiger partial charge is 0.478 e. The maximum Gasteiger partial charge on any atom is 0.328 e. The van der Waals surface area contributed by atoms with Gasteiger partial charge in [0.25, 0.3) is 0 Å². The van der Waals surface area contributed by atoms with Crippen LogP contribution in [0.2, 0.25) is 0 Å². The van der Waals surface area contributed by atoms with Crippen LogP contribution >= 0.6 is 0 Å². The number of rotatable bonds is 3. The number of anilines is 1. The molecule has 19 heavy (non-hydrogen) atoms. The average Bonchev–Trinajstić information content (AvgIpc) is 2.36. The summed E-state index contributed by atoms with van der Waals surface area (Å²) in [6, 6.07) is 5.70. The number of hydrogen-bond donors (Lipinski definition) is 2. The van der Waals surface area contributed by atoms with E-state index in [0.717, 1.165) is 29.4 Å². The van der Waals surface area contributed by atoms with Gasteiger partial charge in [-0.2, -0.15) is 0 Å². The lowest BCUT2D eigenvalue weighted by molar-refractivity contribution is -0.131. The number of carbonyl (C=O) groups excluding carboxylic acids is 1. The molecular weight excluding hydrogens is 244 g/mol. The van der Waals surface area contributed by atoms with Crippen molar-refractivity contribution in [1.82, 2.24) is 5.32 Å². The number of nitrogens with one attached hydrogen (secondary N) is 1. The molecule has 1 aromatic rings. The first-order chi connectivity index (χ1) is 9.06. The summed E-state index contributed by atoms with van der Waals surface area (Å²) in [5.41, 5.74) is 2.88. The van der Waals surface area contributed by atoms with Gasteiger partial charge in [-0.15, -0.1) is 0 Å². The standard InChI is InChI=1S/C14H16N2O3/c1-10-8-11(3-5-14(18)19)2-4-12(10)16-7-6-15-13(17)9-16/h2-5,8H,6-7,9H2,1H3,(H,15,17)(H,18,19)/b5-3+. The normalized spacial score (nSPS) is 15.6. The van der Waals surface area contributed by atoms with E-state index in [0.29, 0.717) is 13.1 Å². The molecule has 0 unspecified atom stereocenters. The zero-order valence-corrected chi connectivity index (χ0v) is 10.7. The summed E-state index contributed by atoms with van der Waals surface area (Å²) in [5, 5.41) is 11.4. The van der Waals surface area contributed by atoms with Gasteiger partial charge in [-0.05, 0) is 36.3 Å². The summed E-state index contributed by atoms with van der Waals surface area (Å²) in [6.07, 6.45) is 2.67. The van der Waals surface area contributed by atoms with E-state index < -0.39 is 5.97 Å². The fourth-order valence-electron chi connectivity index (χ4n) is 2.15. The number of hydrogen-bond acceptors (Lipinski definition) is 3. The number of benzene rings is 1. The van der Waals surface area contributed by atoms with E-state index in [4.69, 9.17) is 5.11 Å². The Labute approximate surface area is 111 Å². The number of aliphatic carboxylic acids is 1. The quantitative estimate of drug-likeness (QED) is 0.796. The summed E-state index contributed by atoms with van der Waals surface area (Å²) >= 11 is 0. The van der Waals surface area contributed by atoms with Crippen LogP contribution in [0.4, 0.5) is 5.69 Å². The molecule has 1 heterocycles. The second kappa shape index (κ2) is 5.56. The maximum absolute atomic E-state index is 11.4. The van der Waals surface area contributed by atoms with Crippen LogP contribution < -0.4 is 10.2 Å². The lowest BCUT2D eigenvalue weighted by atomic mass is 10.1. The highest BCUT2D eigenvalue weighted by Crippen LogP contribution is 2.22. The van der Waals surface area contributed by atoms with E-state index in [1.165, 1.54) is 0 Å². The van der Waals surface area contributed by atoms with Crippen molar-refractivity contribution in [3.63, 3.8) is 0 Å². The minimum absolute atomic E-state index is 0.0282. The highest BCUT2D eigenvalue weighted by Gasteiger charge is 2.17. The molecule has 5 nitrogen and oxygen atoms in total. The lowest BCUT2D eigenvalue weighted by Gasteiger charge is -2.30. The molecule has 0 atom stereocenters. The molecule has 1 fully saturated rings. The molecular formula is C14H16N2O3. The fraction of sp³-hybridized carbons (Fsp3) is 0.286. The van der Waals surface area contributed by atoms with Gasteiger partial charge in [0, 0.05) is 24.9 Å². The topological polar surface area (TPSA) is 69.6 Å². The summed E-state index contributed by atoms with van der Waals surface area (Å²) in [6.45, 7) is 3.76. The molecule has 100 valence electrons. The first-order valence-electron chi connectivity index (χ1n) is 6.09. The first-order valence-corrected chi connectivity index (χ1v) is 6.09. The second-order valence-electron chi connectivity index (χ2n) is 4.49. The van der Waals surface area contributed by atoms with Gasteiger partial charge in [-0.3, -0.25) is 4.79 Å². The Hall–Kier alpha value is -2.30. The molecule has 1 aliphatic rings. The number of carboxylic acid groups (broad SMARTS) is 1. The maximum atomic E-state index is 11.4. The smallest absolute Gasteiger partial charge is 0.328 e. The Morgan fingerprint density at radius 3 is 2.89 bits per heavy atom. The molecule has 0 radical (unpaired) electrons. The summed E-state index contributed by atoms with van der Waals surface area (Å²) in [4.78, 5) is 23.9. The van der Waals surface area contributed by atoms with Gasteiger partial charge < -0.3 is 15.3 Å². The van der Waals surface area contributed by atoms with Crippen molar-refractivity contribution in [2.24, 2.45) is 0 Å². The minimum Gasteiger partial charge on any atom is -0.478 e. The van der Waals surface area contributed by atoms with E-state index in [-0.39, 0.29) is 5.91 Å². The van der Waals surface area contributed by atoms with Crippen LogP contribution in [-0.2, 0) is 9.59 Å². The third-order valence-electron chi connectivity index (χ3n) is 3.02. The van der Waals surface area contributed by atoms with Crippen LogP contribution in [0.1, 0.15) is 11.1 Å². The van der Waals surface area contributed by atoms with Crippen LogP contribution in [0, 0.1) is 6.92 Å². The molecule has 2 N–H and O–H groups in total. The number of nitrogens with zero attached hydrogens (tertiary/aromatic N) is 1. The van der Waals surface area contributed by atoms with Crippen molar-refractivity contribution in [3.8, 4) is 0 Å². The minimum atomic E-state index is -0.963. The average molecular weight is 260 g/mol. The van der Waals surface area contributed by atoms with Crippen LogP contribution in [-0.4, -0.2) is 36.6 Å². The van der Waals surface area contributed by atoms with Gasteiger partial charge in [0.15, 0.2) is 0 Å². The van der Waals surface area contributed by atoms with Crippen molar-refractivity contribution in [2.45, 2.75) is 6.92 Å². The predicted octanol–water partition coefficient (Wildman–Crippen LogP) is 1.03. The molecule has 0 spiro atoms. The Bertz CT molecular complexity index is 537. The molecule has 1 aromatic carbocycles. The monoisotopic (exact) mass is 260 g/mol. The molecule has 1 aliphatic heterocycles. The predicted molar refractivity (Wildman–Crippen MR) is 73.1 cm³/mol. The van der Waals surface area contributed by atoms with Crippen molar-refractivity contribution in [3.05, 3.63) is 35.4 Å². The third-order valence-corrected chi connectivity index (χ3v) is 3.02. The van der Waals surface area contributed by atoms with E-state index in [1.54, 1.807) is 6.08 Å². The van der Waals surface area contributed by atoms with Gasteiger partial charge in [-0.1, -0.05) is 6.07 Å². The number of carbonyl (C=O) groups is 2. The SMILES string of the molecule is Cc1cc(/C=C/C(=O)O)ccc1N1CCNC(=O)C1. The molecule has 1 saturated heterocycles. The van der Waals surface area contributed by atoms with Crippen LogP contribution in [0.15, 0.2) is 24.3 Å². The Morgan fingerprint density at radius 1 is 1.47 bits per heavy atom. The fourth-order valence-corrected chi connectivity index (χ4v) is 2.15. The van der Waals surface area contributed by atoms with Crippen molar-refractivity contribution in [2.75, 3.05) is 24.5 Å². The van der Waals surface area contributed by atoms with E-state index in [1.807, 2.05) is 30.0 Å². The van der Waals surface area contributed by atoms with Gasteiger partial charge in [0.2, 0.25) is 5.91 Å². The molecule has 5 heteroatoms. The first kappa shape index (κ1) is 13.1. The highest BCUT2D eigenvalue weighted by molar-refractivity contribution is 5.86. The molecule has 1 amide bonds. The van der Waals surface area contributed by atoms with Gasteiger partial charge >= 0.3 is 5.97 Å². The number of carboxylic acids is 1. The Balaban J connectivity index is 2.19. The molecule has 0 bridgehead atoms. The zero-order chi connectivity index (χ0) is 13.8. The number of aryl methyl sites for hydroxylation is 1. The van der Waals surface area contributed by atoms with E-state index in [2.05, 4.69) is 5.32 Å². The molecule has 0 aromatic heterocycles. The van der Waals surface area contributed by atoms with Gasteiger partial charge in [0.1, 0.15) is 0 Å². The Kier molecular flexibility index (Phi) is 3.85. The lowest BCUT2D eigenvalue weighted by Crippen LogP contribution is -2.47. The number of amides is 1. The van der Waals surface area contributed by atoms with Crippen LogP contribution in [0.25, 0.3) is 6.08 Å². The summed E-state index contributed by atoms with van der Waals surface area (Å²) < 4.78 is 0. The zero-order valence-electron chi connectivity index (χ0n) is 10.7. The second-order valence-corrected chi connectivity index (χ2v) is 4.49. The van der Waals surface area contributed by atoms with E-state index in [9.17, 15) is 9.59 Å². The summed E-state index contributed by atoms with van der Waals surface area (Å²) in [5.74, 6) is -0.935. The van der Waals surface area contributed by atoms with Crippen molar-refractivity contribution >= 4 is 23.6 Å². The molecule has 0 saturated carbocycles. The number of piperazine rings is 1. The van der Waals surface area contributed by atoms with Crippen molar-refractivity contribution in [1.29, 1.82) is 0 Å². The van der Waals surface area contributed by atoms with Gasteiger partial charge in [-0.25, -0.2) is 4.79 Å². The van der Waals surface area contributed by atoms with Crippen LogP contribution in [0.3, 0.4) is 0 Å². The Morgan fingerprint density at radius 2 is 2.26 bits per heavy atom. The van der Waals surface area contributed by atoms with E-state index >= 15 is 0 Å². The molecule has 2 rings (SSSR count). The highest BCUT2D eigenvalue weighted by atomic mass is 16.4. The molecule has 0 aliphatic carbocycles. The third kappa shape index (κ3) is 3.34.